The lowest BCUT2D eigenvalue weighted by atomic mass is 10.2. The van der Waals surface area contributed by atoms with Crippen molar-refractivity contribution in [3.8, 4) is 5.75 Å². The van der Waals surface area contributed by atoms with Crippen LogP contribution in [0.1, 0.15) is 36.9 Å². The molecule has 1 aliphatic heterocycles. The summed E-state index contributed by atoms with van der Waals surface area (Å²) in [7, 11) is -4.09. The second-order valence-corrected chi connectivity index (χ2v) is 12.1. The highest BCUT2D eigenvalue weighted by atomic mass is 35.5. The monoisotopic (exact) mass is 606 g/mol. The van der Waals surface area contributed by atoms with Crippen LogP contribution in [0.5, 0.6) is 5.75 Å². The number of hydrazone groups is 1. The van der Waals surface area contributed by atoms with Gasteiger partial charge in [0.2, 0.25) is 15.9 Å². The first-order chi connectivity index (χ1) is 19.2. The number of carbonyl (C=O) groups is 1. The molecule has 4 N–H and O–H groups in total. The van der Waals surface area contributed by atoms with Crippen molar-refractivity contribution in [1.29, 1.82) is 0 Å². The van der Waals surface area contributed by atoms with E-state index in [1.54, 1.807) is 6.07 Å². The summed E-state index contributed by atoms with van der Waals surface area (Å²) in [5.74, 6) is 5.23. The number of hydrogen-bond donors (Lipinski definition) is 3. The fourth-order valence-corrected chi connectivity index (χ4v) is 7.13. The number of rotatable bonds is 12. The summed E-state index contributed by atoms with van der Waals surface area (Å²) in [4.78, 5) is 17.4. The summed E-state index contributed by atoms with van der Waals surface area (Å²) in [6, 6.07) is 11.5. The highest BCUT2D eigenvalue weighted by molar-refractivity contribution is 7.89. The van der Waals surface area contributed by atoms with Crippen LogP contribution >= 0.6 is 23.2 Å². The molecule has 1 atom stereocenters. The number of nitrogens with one attached hydrogen (secondary N) is 2. The fraction of sp³-hybridized carbons (Fsp3) is 0.370. The first-order valence-electron chi connectivity index (χ1n) is 12.9. The molecule has 1 aliphatic rings. The number of para-hydroxylation sites is 1. The van der Waals surface area contributed by atoms with Crippen LogP contribution in [-0.4, -0.2) is 55.6 Å². The Kier molecular flexibility index (Phi) is 10.1. The summed E-state index contributed by atoms with van der Waals surface area (Å²) < 4.78 is 34.7. The minimum Gasteiger partial charge on any atom is -0.487 e. The summed E-state index contributed by atoms with van der Waals surface area (Å²) in [6.45, 7) is 3.14. The number of pyridine rings is 1. The van der Waals surface area contributed by atoms with E-state index in [0.29, 0.717) is 42.8 Å². The average molecular weight is 608 g/mol. The third-order valence-electron chi connectivity index (χ3n) is 6.65. The van der Waals surface area contributed by atoms with E-state index in [1.165, 1.54) is 22.8 Å². The summed E-state index contributed by atoms with van der Waals surface area (Å²) >= 11 is 13.1. The van der Waals surface area contributed by atoms with Gasteiger partial charge in [0, 0.05) is 41.3 Å². The fourth-order valence-electron chi connectivity index (χ4n) is 4.61. The van der Waals surface area contributed by atoms with E-state index >= 15 is 0 Å². The maximum atomic E-state index is 13.7. The number of fused-ring (bicyclic) bond motifs is 1. The second-order valence-electron chi connectivity index (χ2n) is 9.41. The van der Waals surface area contributed by atoms with Crippen LogP contribution in [0.2, 0.25) is 10.0 Å². The topological polar surface area (TPSA) is 139 Å². The maximum absolute atomic E-state index is 13.7. The average Bonchev–Trinajstić information content (AvgIpc) is 3.44. The van der Waals surface area contributed by atoms with Gasteiger partial charge in [0.1, 0.15) is 35.1 Å². The Labute approximate surface area is 243 Å². The van der Waals surface area contributed by atoms with Gasteiger partial charge in [-0.1, -0.05) is 41.4 Å². The van der Waals surface area contributed by atoms with Crippen molar-refractivity contribution in [3.05, 3.63) is 63.8 Å². The van der Waals surface area contributed by atoms with Crippen LogP contribution in [0.4, 0.5) is 0 Å². The summed E-state index contributed by atoms with van der Waals surface area (Å²) in [5.41, 5.74) is 1.86. The molecule has 0 spiro atoms. The van der Waals surface area contributed by atoms with Crippen molar-refractivity contribution in [2.24, 2.45) is 10.9 Å². The van der Waals surface area contributed by atoms with E-state index < -0.39 is 16.1 Å². The lowest BCUT2D eigenvalue weighted by molar-refractivity contribution is -0.124. The number of aryl methyl sites for hydroxylation is 1. The van der Waals surface area contributed by atoms with E-state index in [9.17, 15) is 13.2 Å². The van der Waals surface area contributed by atoms with Crippen molar-refractivity contribution >= 4 is 56.4 Å². The van der Waals surface area contributed by atoms with Gasteiger partial charge in [0.25, 0.3) is 0 Å². The van der Waals surface area contributed by atoms with Gasteiger partial charge in [0.05, 0.1) is 5.02 Å². The molecule has 2 heterocycles. The normalized spacial score (nSPS) is 16.0. The molecule has 1 fully saturated rings. The number of nitrogens with zero attached hydrogens (tertiary/aromatic N) is 3. The molecule has 3 aromatic rings. The predicted octanol–water partition coefficient (Wildman–Crippen LogP) is 3.97. The summed E-state index contributed by atoms with van der Waals surface area (Å²) in [6.07, 6.45) is 3.90. The van der Waals surface area contributed by atoms with Crippen LogP contribution in [0.25, 0.3) is 10.9 Å². The number of sulfonamides is 1. The van der Waals surface area contributed by atoms with E-state index in [2.05, 4.69) is 20.7 Å². The molecule has 0 bridgehead atoms. The standard InChI is InChI=1S/C27H32Cl2N6O4S/c1-18-9-10-19-6-4-8-23(26(19)34-18)39-16-20-21(28)11-12-24(25(20)29)40(37,38)35-15-5-7-22(35)27(36)32-14-3-2-13-31-17-33-30/h4,6,8-12,17,22H,2-3,5,7,13-16,30H2,1H3,(H,31,33)(H,32,36)/t22-/m0/s1. The number of amides is 1. The van der Waals surface area contributed by atoms with Gasteiger partial charge >= 0.3 is 0 Å². The first kappa shape index (κ1) is 29.9. The maximum Gasteiger partial charge on any atom is 0.245 e. The molecule has 0 radical (unpaired) electrons. The van der Waals surface area contributed by atoms with Crippen LogP contribution in [0.15, 0.2) is 52.5 Å². The third-order valence-corrected chi connectivity index (χ3v) is 9.50. The Morgan fingerprint density at radius 2 is 2.00 bits per heavy atom. The van der Waals surface area contributed by atoms with E-state index in [-0.39, 0.29) is 34.0 Å². The van der Waals surface area contributed by atoms with Crippen LogP contribution < -0.4 is 21.2 Å². The molecule has 13 heteroatoms. The van der Waals surface area contributed by atoms with Crippen molar-refractivity contribution in [1.82, 2.24) is 19.9 Å². The van der Waals surface area contributed by atoms with Gasteiger partial charge in [-0.25, -0.2) is 13.4 Å². The smallest absolute Gasteiger partial charge is 0.245 e. The zero-order valence-corrected chi connectivity index (χ0v) is 24.4. The molecular formula is C27H32Cl2N6O4S. The number of unbranched alkanes of at least 4 members (excludes halogenated alkanes) is 1. The number of aromatic nitrogens is 1. The Morgan fingerprint density at radius 3 is 2.80 bits per heavy atom. The highest BCUT2D eigenvalue weighted by Crippen LogP contribution is 2.36. The number of benzene rings is 2. The molecule has 1 amide bonds. The molecule has 1 aromatic heterocycles. The van der Waals surface area contributed by atoms with Crippen LogP contribution in [-0.2, 0) is 21.4 Å². The van der Waals surface area contributed by atoms with Gasteiger partial charge in [-0.2, -0.15) is 9.41 Å². The number of halogens is 2. The Morgan fingerprint density at radius 1 is 1.20 bits per heavy atom. The lowest BCUT2D eigenvalue weighted by Crippen LogP contribution is -2.46. The number of ether oxygens (including phenoxy) is 1. The van der Waals surface area contributed by atoms with Gasteiger partial charge < -0.3 is 21.2 Å². The van der Waals surface area contributed by atoms with Gasteiger partial charge in [-0.15, -0.1) is 0 Å². The van der Waals surface area contributed by atoms with Crippen LogP contribution in [0, 0.1) is 6.92 Å². The highest BCUT2D eigenvalue weighted by Gasteiger charge is 2.40. The molecule has 2 aromatic carbocycles. The van der Waals surface area contributed by atoms with Crippen molar-refractivity contribution in [2.45, 2.75) is 50.2 Å². The van der Waals surface area contributed by atoms with E-state index in [1.807, 2.05) is 31.2 Å². The molecule has 0 saturated carbocycles. The molecule has 214 valence electrons. The molecule has 0 aliphatic carbocycles. The number of hydrogen-bond acceptors (Lipinski definition) is 7. The van der Waals surface area contributed by atoms with Crippen molar-refractivity contribution in [2.75, 3.05) is 19.6 Å². The van der Waals surface area contributed by atoms with Crippen LogP contribution in [0.3, 0.4) is 0 Å². The largest absolute Gasteiger partial charge is 0.487 e. The van der Waals surface area contributed by atoms with E-state index in [4.69, 9.17) is 33.8 Å². The SMILES string of the molecule is Cc1ccc2cccc(OCc3c(Cl)ccc(S(=O)(=O)N4CCC[C@H]4C(=O)NCCCCNC=NN)c3Cl)c2n1. The number of nitrogens with two attached hydrogens (primary N) is 1. The quantitative estimate of drug-likeness (QED) is 0.0931. The van der Waals surface area contributed by atoms with Gasteiger partial charge in [-0.3, -0.25) is 4.79 Å². The molecule has 40 heavy (non-hydrogen) atoms. The lowest BCUT2D eigenvalue weighted by Gasteiger charge is -2.24. The molecule has 10 nitrogen and oxygen atoms in total. The Hall–Kier alpha value is -3.12. The summed E-state index contributed by atoms with van der Waals surface area (Å²) in [5, 5.41) is 10.3. The van der Waals surface area contributed by atoms with Crippen molar-refractivity contribution in [3.63, 3.8) is 0 Å². The minimum absolute atomic E-state index is 0.0311. The second kappa shape index (κ2) is 13.5. The number of carbonyl (C=O) groups excluding carboxylic acids is 1. The van der Waals surface area contributed by atoms with E-state index in [0.717, 1.165) is 23.9 Å². The van der Waals surface area contributed by atoms with Gasteiger partial charge in [0.15, 0.2) is 0 Å². The van der Waals surface area contributed by atoms with Crippen molar-refractivity contribution < 1.29 is 17.9 Å². The molecule has 1 saturated heterocycles. The zero-order valence-electron chi connectivity index (χ0n) is 22.1. The molecule has 4 rings (SSSR count). The molecule has 0 unspecified atom stereocenters. The predicted molar refractivity (Wildman–Crippen MR) is 157 cm³/mol. The first-order valence-corrected chi connectivity index (χ1v) is 15.1. The van der Waals surface area contributed by atoms with Gasteiger partial charge in [-0.05, 0) is 56.9 Å². The minimum atomic E-state index is -4.09. The molecular weight excluding hydrogens is 575 g/mol. The Bertz CT molecular complexity index is 1500. The Balaban J connectivity index is 1.48. The zero-order chi connectivity index (χ0) is 28.7. The third kappa shape index (κ3) is 6.77.